The van der Waals surface area contributed by atoms with Gasteiger partial charge < -0.3 is 24.3 Å². The van der Waals surface area contributed by atoms with Crippen LogP contribution in [0.5, 0.6) is 23.0 Å². The zero-order valence-corrected chi connectivity index (χ0v) is 22.7. The number of benzene rings is 2. The van der Waals surface area contributed by atoms with Gasteiger partial charge in [0.25, 0.3) is 0 Å². The number of hydrogen-bond acceptors (Lipinski definition) is 5. The summed E-state index contributed by atoms with van der Waals surface area (Å²) in [6.07, 6.45) is 19.1. The maximum absolute atomic E-state index is 12.9. The molecule has 37 heavy (non-hydrogen) atoms. The summed E-state index contributed by atoms with van der Waals surface area (Å²) in [5, 5.41) is 3.05. The largest absolute Gasteiger partial charge is 0.497 e. The second-order valence-corrected chi connectivity index (χ2v) is 9.41. The van der Waals surface area contributed by atoms with Crippen LogP contribution in [0.25, 0.3) is 12.2 Å². The van der Waals surface area contributed by atoms with Gasteiger partial charge >= 0.3 is 0 Å². The first-order chi connectivity index (χ1) is 18.1. The summed E-state index contributed by atoms with van der Waals surface area (Å²) in [5.41, 5.74) is 2.41. The first kappa shape index (κ1) is 28.2. The highest BCUT2D eigenvalue weighted by Crippen LogP contribution is 2.38. The van der Waals surface area contributed by atoms with Crippen LogP contribution < -0.4 is 24.3 Å². The molecular weight excluding hydrogens is 466 g/mol. The average molecular weight is 508 g/mol. The van der Waals surface area contributed by atoms with E-state index in [-0.39, 0.29) is 5.91 Å². The molecule has 0 atom stereocenters. The summed E-state index contributed by atoms with van der Waals surface area (Å²) in [6, 6.07) is 9.39. The van der Waals surface area contributed by atoms with E-state index in [0.29, 0.717) is 34.6 Å². The molecule has 0 aromatic heterocycles. The van der Waals surface area contributed by atoms with E-state index >= 15 is 0 Å². The molecule has 6 heteroatoms. The predicted octanol–water partition coefficient (Wildman–Crippen LogP) is 7.53. The number of carbonyl (C=O) groups excluding carboxylic acids is 1. The maximum atomic E-state index is 12.9. The number of methoxy groups -OCH3 is 4. The Kier molecular flexibility index (Phi) is 11.4. The van der Waals surface area contributed by atoms with Crippen LogP contribution >= 0.6 is 0 Å². The first-order valence-corrected chi connectivity index (χ1v) is 13.2. The Balaban J connectivity index is 1.77. The Labute approximate surface area is 221 Å². The summed E-state index contributed by atoms with van der Waals surface area (Å²) >= 11 is 0. The zero-order valence-electron chi connectivity index (χ0n) is 22.7. The van der Waals surface area contributed by atoms with Gasteiger partial charge in [-0.25, -0.2) is 0 Å². The molecule has 2 aromatic rings. The molecule has 3 rings (SSSR count). The molecular formula is C31H41NO5. The molecule has 1 amide bonds. The van der Waals surface area contributed by atoms with Crippen LogP contribution in [-0.2, 0) is 4.79 Å². The van der Waals surface area contributed by atoms with E-state index in [2.05, 4.69) is 11.4 Å². The third-order valence-corrected chi connectivity index (χ3v) is 6.83. The quantitative estimate of drug-likeness (QED) is 0.281. The predicted molar refractivity (Wildman–Crippen MR) is 151 cm³/mol. The topological polar surface area (TPSA) is 66.0 Å². The van der Waals surface area contributed by atoms with E-state index in [1.165, 1.54) is 44.9 Å². The van der Waals surface area contributed by atoms with Crippen LogP contribution in [0.3, 0.4) is 0 Å². The van der Waals surface area contributed by atoms with Crippen LogP contribution in [0.1, 0.15) is 68.9 Å². The molecule has 0 spiro atoms. The van der Waals surface area contributed by atoms with E-state index in [4.69, 9.17) is 18.9 Å². The van der Waals surface area contributed by atoms with Crippen molar-refractivity contribution in [3.8, 4) is 23.0 Å². The summed E-state index contributed by atoms with van der Waals surface area (Å²) in [7, 11) is 6.38. The van der Waals surface area contributed by atoms with Gasteiger partial charge in [0, 0.05) is 6.07 Å². The number of rotatable bonds is 9. The lowest BCUT2D eigenvalue weighted by atomic mass is 9.92. The van der Waals surface area contributed by atoms with Gasteiger partial charge in [-0.3, -0.25) is 4.79 Å². The molecule has 1 saturated carbocycles. The van der Waals surface area contributed by atoms with E-state index < -0.39 is 0 Å². The third-order valence-electron chi connectivity index (χ3n) is 6.83. The molecule has 1 aliphatic rings. The van der Waals surface area contributed by atoms with Crippen LogP contribution in [0.2, 0.25) is 0 Å². The molecule has 0 heterocycles. The second-order valence-electron chi connectivity index (χ2n) is 9.41. The Hall–Kier alpha value is -3.41. The van der Waals surface area contributed by atoms with Crippen LogP contribution in [-0.4, -0.2) is 34.3 Å². The maximum Gasteiger partial charge on any atom is 0.248 e. The molecule has 0 unspecified atom stereocenters. The van der Waals surface area contributed by atoms with Crippen LogP contribution in [0.4, 0.5) is 5.69 Å². The Morgan fingerprint density at radius 3 is 1.97 bits per heavy atom. The minimum atomic E-state index is -0.132. The van der Waals surface area contributed by atoms with Crippen molar-refractivity contribution >= 4 is 23.7 Å². The SMILES string of the molecule is COc1ccc(/C=C\c2cc(OC)c(OC)c(OC)c2)c(NC(=O)/C=C/C2CCCCCCCCC2)c1. The van der Waals surface area contributed by atoms with E-state index in [1.54, 1.807) is 34.5 Å². The van der Waals surface area contributed by atoms with Gasteiger partial charge in [-0.05, 0) is 60.2 Å². The van der Waals surface area contributed by atoms with Gasteiger partial charge in [0.15, 0.2) is 11.5 Å². The van der Waals surface area contributed by atoms with Crippen molar-refractivity contribution in [2.24, 2.45) is 5.92 Å². The molecule has 1 fully saturated rings. The smallest absolute Gasteiger partial charge is 0.248 e. The summed E-state index contributed by atoms with van der Waals surface area (Å²) < 4.78 is 21.7. The summed E-state index contributed by atoms with van der Waals surface area (Å²) in [4.78, 5) is 12.9. The van der Waals surface area contributed by atoms with Crippen molar-refractivity contribution < 1.29 is 23.7 Å². The monoisotopic (exact) mass is 507 g/mol. The molecule has 0 saturated heterocycles. The molecule has 0 radical (unpaired) electrons. The summed E-state index contributed by atoms with van der Waals surface area (Å²) in [6.45, 7) is 0. The standard InChI is InChI=1S/C31H41NO5/c1-34-26-18-17-25(16-14-24-20-28(35-2)31(37-4)29(21-24)36-3)27(22-26)32-30(33)19-15-23-12-10-8-6-5-7-9-11-13-23/h14-23H,5-13H2,1-4H3,(H,32,33)/b16-14-,19-15+. The number of ether oxygens (including phenoxy) is 4. The lowest BCUT2D eigenvalue weighted by Crippen LogP contribution is -2.10. The van der Waals surface area contributed by atoms with Crippen LogP contribution in [0.15, 0.2) is 42.5 Å². The van der Waals surface area contributed by atoms with Gasteiger partial charge in [0.05, 0.1) is 34.1 Å². The number of carbonyl (C=O) groups is 1. The Bertz CT molecular complexity index is 1040. The Morgan fingerprint density at radius 2 is 1.41 bits per heavy atom. The number of anilines is 1. The van der Waals surface area contributed by atoms with E-state index in [1.807, 2.05) is 42.5 Å². The third kappa shape index (κ3) is 8.59. The van der Waals surface area contributed by atoms with Gasteiger partial charge in [0.2, 0.25) is 11.7 Å². The van der Waals surface area contributed by atoms with E-state index in [9.17, 15) is 4.79 Å². The molecule has 1 N–H and O–H groups in total. The fourth-order valence-electron chi connectivity index (χ4n) is 4.73. The highest BCUT2D eigenvalue weighted by molar-refractivity contribution is 6.01. The van der Waals surface area contributed by atoms with Crippen molar-refractivity contribution in [2.45, 2.75) is 57.8 Å². The molecule has 2 aromatic carbocycles. The molecule has 200 valence electrons. The Morgan fingerprint density at radius 1 is 0.784 bits per heavy atom. The normalized spacial score (nSPS) is 15.5. The number of allylic oxidation sites excluding steroid dienone is 1. The number of hydrogen-bond donors (Lipinski definition) is 1. The van der Waals surface area contributed by atoms with Gasteiger partial charge in [-0.1, -0.05) is 63.2 Å². The van der Waals surface area contributed by atoms with Crippen molar-refractivity contribution in [3.05, 3.63) is 53.6 Å². The lowest BCUT2D eigenvalue weighted by molar-refractivity contribution is -0.111. The second kappa shape index (κ2) is 15.0. The van der Waals surface area contributed by atoms with Crippen molar-refractivity contribution in [3.63, 3.8) is 0 Å². The van der Waals surface area contributed by atoms with Crippen molar-refractivity contribution in [2.75, 3.05) is 33.8 Å². The minimum Gasteiger partial charge on any atom is -0.497 e. The van der Waals surface area contributed by atoms with Gasteiger partial charge in [-0.2, -0.15) is 0 Å². The molecule has 1 aliphatic carbocycles. The fourth-order valence-corrected chi connectivity index (χ4v) is 4.73. The first-order valence-electron chi connectivity index (χ1n) is 13.2. The average Bonchev–Trinajstić information content (AvgIpc) is 2.93. The molecule has 0 aliphatic heterocycles. The molecule has 0 bridgehead atoms. The highest BCUT2D eigenvalue weighted by atomic mass is 16.5. The zero-order chi connectivity index (χ0) is 26.5. The lowest BCUT2D eigenvalue weighted by Gasteiger charge is -2.15. The number of nitrogens with one attached hydrogen (secondary N) is 1. The fraction of sp³-hybridized carbons (Fsp3) is 0.452. The van der Waals surface area contributed by atoms with E-state index in [0.717, 1.165) is 24.0 Å². The minimum absolute atomic E-state index is 0.132. The van der Waals surface area contributed by atoms with Gasteiger partial charge in [-0.15, -0.1) is 0 Å². The van der Waals surface area contributed by atoms with Crippen molar-refractivity contribution in [1.82, 2.24) is 0 Å². The number of amides is 1. The summed E-state index contributed by atoms with van der Waals surface area (Å²) in [5.74, 6) is 2.71. The molecule has 6 nitrogen and oxygen atoms in total. The van der Waals surface area contributed by atoms with Crippen LogP contribution in [0, 0.1) is 5.92 Å². The van der Waals surface area contributed by atoms with Gasteiger partial charge in [0.1, 0.15) is 5.75 Å². The highest BCUT2D eigenvalue weighted by Gasteiger charge is 2.13. The van der Waals surface area contributed by atoms with Crippen molar-refractivity contribution in [1.29, 1.82) is 0 Å².